The zero-order valence-electron chi connectivity index (χ0n) is 9.88. The van der Waals surface area contributed by atoms with Crippen LogP contribution in [0.15, 0.2) is 0 Å². The van der Waals surface area contributed by atoms with Crippen molar-refractivity contribution in [2.45, 2.75) is 63.2 Å². The van der Waals surface area contributed by atoms with E-state index in [4.69, 9.17) is 4.74 Å². The van der Waals surface area contributed by atoms with Crippen LogP contribution < -0.4 is 5.32 Å². The second-order valence-electron chi connectivity index (χ2n) is 5.33. The summed E-state index contributed by atoms with van der Waals surface area (Å²) in [5, 5.41) is 14.1. The molecule has 2 rings (SSSR count). The van der Waals surface area contributed by atoms with Gasteiger partial charge in [0.1, 0.15) is 0 Å². The quantitative estimate of drug-likeness (QED) is 0.729. The summed E-state index contributed by atoms with van der Waals surface area (Å²) in [4.78, 5) is 0. The van der Waals surface area contributed by atoms with Crippen molar-refractivity contribution in [1.29, 1.82) is 0 Å². The topological polar surface area (TPSA) is 41.5 Å². The molecule has 3 nitrogen and oxygen atoms in total. The molecule has 88 valence electrons. The highest BCUT2D eigenvalue weighted by molar-refractivity contribution is 5.01. The van der Waals surface area contributed by atoms with Gasteiger partial charge in [-0.2, -0.15) is 0 Å². The number of hydrogen-bond donors (Lipinski definition) is 2. The van der Waals surface area contributed by atoms with Gasteiger partial charge >= 0.3 is 0 Å². The van der Waals surface area contributed by atoms with Gasteiger partial charge in [0.2, 0.25) is 0 Å². The van der Waals surface area contributed by atoms with E-state index < -0.39 is 5.60 Å². The van der Waals surface area contributed by atoms with Crippen LogP contribution >= 0.6 is 0 Å². The third kappa shape index (κ3) is 2.19. The highest BCUT2D eigenvalue weighted by Gasteiger charge is 2.46. The molecule has 0 aliphatic carbocycles. The van der Waals surface area contributed by atoms with Crippen molar-refractivity contribution in [2.24, 2.45) is 0 Å². The Morgan fingerprint density at radius 1 is 1.53 bits per heavy atom. The minimum Gasteiger partial charge on any atom is -0.388 e. The molecule has 2 aliphatic rings. The Bertz CT molecular complexity index is 228. The average molecular weight is 213 g/mol. The molecule has 2 saturated heterocycles. The van der Waals surface area contributed by atoms with Crippen molar-refractivity contribution in [3.63, 3.8) is 0 Å². The monoisotopic (exact) mass is 213 g/mol. The van der Waals surface area contributed by atoms with Crippen molar-refractivity contribution < 1.29 is 9.84 Å². The molecule has 2 heterocycles. The maximum absolute atomic E-state index is 10.7. The van der Waals surface area contributed by atoms with Crippen molar-refractivity contribution in [1.82, 2.24) is 5.32 Å². The lowest BCUT2D eigenvalue weighted by molar-refractivity contribution is -0.163. The van der Waals surface area contributed by atoms with Crippen LogP contribution in [0.4, 0.5) is 0 Å². The molecule has 3 atom stereocenters. The van der Waals surface area contributed by atoms with Crippen LogP contribution in [-0.4, -0.2) is 35.5 Å². The Morgan fingerprint density at radius 3 is 2.93 bits per heavy atom. The summed E-state index contributed by atoms with van der Waals surface area (Å²) in [5.41, 5.74) is -0.670. The molecule has 2 N–H and O–H groups in total. The third-order valence-electron chi connectivity index (χ3n) is 4.12. The van der Waals surface area contributed by atoms with Crippen molar-refractivity contribution in [3.8, 4) is 0 Å². The van der Waals surface area contributed by atoms with Crippen molar-refractivity contribution >= 4 is 0 Å². The van der Waals surface area contributed by atoms with E-state index in [-0.39, 0.29) is 11.6 Å². The first-order valence-corrected chi connectivity index (χ1v) is 6.18. The minimum absolute atomic E-state index is 0.128. The second kappa shape index (κ2) is 4.04. The van der Waals surface area contributed by atoms with Gasteiger partial charge in [0.25, 0.3) is 0 Å². The van der Waals surface area contributed by atoms with E-state index in [1.807, 2.05) is 0 Å². The van der Waals surface area contributed by atoms with Gasteiger partial charge in [-0.25, -0.2) is 0 Å². The molecule has 2 fully saturated rings. The second-order valence-corrected chi connectivity index (χ2v) is 5.33. The average Bonchev–Trinajstić information content (AvgIpc) is 2.71. The Hall–Kier alpha value is -0.120. The van der Waals surface area contributed by atoms with E-state index in [1.165, 1.54) is 6.42 Å². The van der Waals surface area contributed by atoms with Crippen LogP contribution in [0, 0.1) is 0 Å². The largest absolute Gasteiger partial charge is 0.388 e. The number of ether oxygens (including phenoxy) is 1. The number of nitrogens with one attached hydrogen (secondary N) is 1. The van der Waals surface area contributed by atoms with Crippen LogP contribution in [0.5, 0.6) is 0 Å². The SMILES string of the molecule is CCC1(C)CC(O)(C2CCCN2)CCO1. The van der Waals surface area contributed by atoms with E-state index >= 15 is 0 Å². The van der Waals surface area contributed by atoms with E-state index in [9.17, 15) is 5.11 Å². The molecule has 0 saturated carbocycles. The summed E-state index contributed by atoms with van der Waals surface area (Å²) in [7, 11) is 0. The molecule has 3 unspecified atom stereocenters. The summed E-state index contributed by atoms with van der Waals surface area (Å²) in [6.07, 6.45) is 4.82. The van der Waals surface area contributed by atoms with Crippen molar-refractivity contribution in [3.05, 3.63) is 0 Å². The molecule has 0 aromatic carbocycles. The standard InChI is InChI=1S/C12H23NO2/c1-3-11(2)9-12(14,6-8-15-11)10-5-4-7-13-10/h10,13-14H,3-9H2,1-2H3. The molecular weight excluding hydrogens is 190 g/mol. The minimum atomic E-state index is -0.542. The number of rotatable bonds is 2. The van der Waals surface area contributed by atoms with Gasteiger partial charge in [0.15, 0.2) is 0 Å². The Kier molecular flexibility index (Phi) is 3.06. The van der Waals surface area contributed by atoms with Gasteiger partial charge in [0.05, 0.1) is 17.8 Å². The third-order valence-corrected chi connectivity index (χ3v) is 4.12. The molecule has 0 bridgehead atoms. The zero-order valence-corrected chi connectivity index (χ0v) is 9.88. The Morgan fingerprint density at radius 2 is 2.33 bits per heavy atom. The lowest BCUT2D eigenvalue weighted by Gasteiger charge is -2.46. The Balaban J connectivity index is 2.06. The highest BCUT2D eigenvalue weighted by atomic mass is 16.5. The van der Waals surface area contributed by atoms with Crippen molar-refractivity contribution in [2.75, 3.05) is 13.2 Å². The summed E-state index contributed by atoms with van der Waals surface area (Å²) in [6.45, 7) is 6.00. The van der Waals surface area contributed by atoms with Gasteiger partial charge < -0.3 is 15.2 Å². The molecule has 0 aromatic rings. The normalized spacial score (nSPS) is 47.0. The first kappa shape index (κ1) is 11.4. The highest BCUT2D eigenvalue weighted by Crippen LogP contribution is 2.38. The van der Waals surface area contributed by atoms with Gasteiger partial charge in [-0.1, -0.05) is 6.92 Å². The van der Waals surface area contributed by atoms with Crippen LogP contribution in [0.3, 0.4) is 0 Å². The smallest absolute Gasteiger partial charge is 0.0849 e. The van der Waals surface area contributed by atoms with E-state index in [0.717, 1.165) is 32.2 Å². The summed E-state index contributed by atoms with van der Waals surface area (Å²) >= 11 is 0. The first-order chi connectivity index (χ1) is 7.08. The van der Waals surface area contributed by atoms with Crippen LogP contribution in [0.1, 0.15) is 46.0 Å². The van der Waals surface area contributed by atoms with Gasteiger partial charge in [-0.3, -0.25) is 0 Å². The molecule has 0 aromatic heterocycles. The first-order valence-electron chi connectivity index (χ1n) is 6.18. The molecule has 0 spiro atoms. The zero-order chi connectivity index (χ0) is 10.9. The molecular formula is C12H23NO2. The molecule has 3 heteroatoms. The van der Waals surface area contributed by atoms with E-state index in [2.05, 4.69) is 19.2 Å². The fraction of sp³-hybridized carbons (Fsp3) is 1.00. The lowest BCUT2D eigenvalue weighted by Crippen LogP contribution is -2.56. The maximum atomic E-state index is 10.7. The van der Waals surface area contributed by atoms with Gasteiger partial charge in [0, 0.05) is 18.9 Å². The van der Waals surface area contributed by atoms with Gasteiger partial charge in [-0.15, -0.1) is 0 Å². The van der Waals surface area contributed by atoms with Gasteiger partial charge in [-0.05, 0) is 32.7 Å². The fourth-order valence-corrected chi connectivity index (χ4v) is 2.93. The molecule has 2 aliphatic heterocycles. The molecule has 15 heavy (non-hydrogen) atoms. The predicted octanol–water partition coefficient (Wildman–Crippen LogP) is 1.45. The lowest BCUT2D eigenvalue weighted by atomic mass is 9.77. The number of aliphatic hydroxyl groups is 1. The summed E-state index contributed by atoms with van der Waals surface area (Å²) < 4.78 is 5.78. The maximum Gasteiger partial charge on any atom is 0.0849 e. The fourth-order valence-electron chi connectivity index (χ4n) is 2.93. The predicted molar refractivity (Wildman–Crippen MR) is 59.9 cm³/mol. The van der Waals surface area contributed by atoms with E-state index in [1.54, 1.807) is 0 Å². The number of hydrogen-bond acceptors (Lipinski definition) is 3. The molecule has 0 amide bonds. The summed E-state index contributed by atoms with van der Waals surface area (Å²) in [6, 6.07) is 0.285. The van der Waals surface area contributed by atoms with Crippen LogP contribution in [0.2, 0.25) is 0 Å². The van der Waals surface area contributed by atoms with Crippen LogP contribution in [-0.2, 0) is 4.74 Å². The Labute approximate surface area is 92.2 Å². The van der Waals surface area contributed by atoms with Crippen LogP contribution in [0.25, 0.3) is 0 Å². The molecule has 0 radical (unpaired) electrons. The summed E-state index contributed by atoms with van der Waals surface area (Å²) in [5.74, 6) is 0. The van der Waals surface area contributed by atoms with E-state index in [0.29, 0.717) is 6.61 Å².